The Hall–Kier alpha value is -2.46. The number of thioether (sulfide) groups is 1. The van der Waals surface area contributed by atoms with Crippen molar-refractivity contribution in [3.63, 3.8) is 0 Å². The number of benzene rings is 1. The largest absolute Gasteiger partial charge is 0.376 e. The molecule has 2 aromatic rings. The summed E-state index contributed by atoms with van der Waals surface area (Å²) >= 11 is 1.22. The number of nitrogens with two attached hydrogens (primary N) is 1. The lowest BCUT2D eigenvalue weighted by molar-refractivity contribution is -0.120. The number of primary amides is 1. The Balaban J connectivity index is 1.93. The second-order valence-electron chi connectivity index (χ2n) is 7.19. The molecule has 0 spiro atoms. The molecule has 10 heteroatoms. The van der Waals surface area contributed by atoms with Crippen LogP contribution in [0.3, 0.4) is 0 Å². The zero-order valence-corrected chi connectivity index (χ0v) is 17.1. The molecular formula is C19H24FN5O3S. The molecule has 0 radical (unpaired) electrons. The highest BCUT2D eigenvalue weighted by atomic mass is 32.2. The first-order chi connectivity index (χ1) is 13.8. The van der Waals surface area contributed by atoms with E-state index in [1.165, 1.54) is 23.9 Å². The van der Waals surface area contributed by atoms with E-state index < -0.39 is 17.2 Å². The van der Waals surface area contributed by atoms with Crippen molar-refractivity contribution in [2.45, 2.75) is 49.7 Å². The predicted molar refractivity (Wildman–Crippen MR) is 107 cm³/mol. The normalized spacial score (nSPS) is 17.4. The summed E-state index contributed by atoms with van der Waals surface area (Å²) in [7, 11) is 0. The van der Waals surface area contributed by atoms with Crippen molar-refractivity contribution < 1.29 is 18.7 Å². The first-order valence-corrected chi connectivity index (χ1v) is 10.3. The maximum atomic E-state index is 13.3. The standard InChI is InChI=1S/C19H24FN5O3S/c1-11(2)15(17(26)22-18(21)27)29-19-24-23-16(12-5-7-13(20)8-6-12)25(19)10-14-4-3-9-28-14/h5-8,11,14-15H,3-4,9-10H2,1-2H3,(H3,21,22,26,27)/t14-,15-/m1/s1. The quantitative estimate of drug-likeness (QED) is 0.665. The van der Waals surface area contributed by atoms with Crippen LogP contribution in [-0.4, -0.2) is 44.7 Å². The number of carbonyl (C=O) groups is 2. The topological polar surface area (TPSA) is 112 Å². The van der Waals surface area contributed by atoms with Crippen LogP contribution in [-0.2, 0) is 16.1 Å². The molecule has 3 rings (SSSR count). The second-order valence-corrected chi connectivity index (χ2v) is 8.30. The number of rotatable bonds is 7. The molecule has 2 heterocycles. The molecule has 1 aliphatic heterocycles. The number of halogens is 1. The van der Waals surface area contributed by atoms with Gasteiger partial charge in [0.05, 0.1) is 17.9 Å². The molecule has 3 amide bonds. The average Bonchev–Trinajstić information content (AvgIpc) is 3.30. The zero-order chi connectivity index (χ0) is 21.0. The minimum absolute atomic E-state index is 0.0153. The van der Waals surface area contributed by atoms with Gasteiger partial charge in [0, 0.05) is 12.2 Å². The van der Waals surface area contributed by atoms with Gasteiger partial charge in [0.15, 0.2) is 11.0 Å². The Morgan fingerprint density at radius 3 is 2.66 bits per heavy atom. The van der Waals surface area contributed by atoms with Gasteiger partial charge in [-0.1, -0.05) is 25.6 Å². The summed E-state index contributed by atoms with van der Waals surface area (Å²) in [5.74, 6) is -0.327. The van der Waals surface area contributed by atoms with Crippen LogP contribution in [0.25, 0.3) is 11.4 Å². The molecule has 1 saturated heterocycles. The first kappa shape index (κ1) is 21.3. The number of imide groups is 1. The van der Waals surface area contributed by atoms with E-state index in [0.717, 1.165) is 12.8 Å². The second kappa shape index (κ2) is 9.36. The molecule has 156 valence electrons. The number of carbonyl (C=O) groups excluding carboxylic acids is 2. The van der Waals surface area contributed by atoms with E-state index in [9.17, 15) is 14.0 Å². The Morgan fingerprint density at radius 2 is 2.07 bits per heavy atom. The number of hydrogen-bond acceptors (Lipinski definition) is 6. The molecule has 0 unspecified atom stereocenters. The van der Waals surface area contributed by atoms with Crippen molar-refractivity contribution in [2.24, 2.45) is 11.7 Å². The lowest BCUT2D eigenvalue weighted by Gasteiger charge is -2.20. The van der Waals surface area contributed by atoms with Crippen LogP contribution in [0.15, 0.2) is 29.4 Å². The van der Waals surface area contributed by atoms with Crippen LogP contribution in [0.1, 0.15) is 26.7 Å². The van der Waals surface area contributed by atoms with E-state index in [4.69, 9.17) is 10.5 Å². The Bertz CT molecular complexity index is 865. The molecule has 8 nitrogen and oxygen atoms in total. The Labute approximate surface area is 172 Å². The molecule has 3 N–H and O–H groups in total. The molecule has 0 aliphatic carbocycles. The number of hydrogen-bond donors (Lipinski definition) is 2. The van der Waals surface area contributed by atoms with Gasteiger partial charge in [0.1, 0.15) is 5.82 Å². The molecule has 0 bridgehead atoms. The molecule has 29 heavy (non-hydrogen) atoms. The van der Waals surface area contributed by atoms with Crippen molar-refractivity contribution in [3.05, 3.63) is 30.1 Å². The van der Waals surface area contributed by atoms with E-state index in [-0.39, 0.29) is 17.8 Å². The van der Waals surface area contributed by atoms with Crippen molar-refractivity contribution >= 4 is 23.7 Å². The summed E-state index contributed by atoms with van der Waals surface area (Å²) in [6, 6.07) is 5.11. The summed E-state index contributed by atoms with van der Waals surface area (Å²) in [6.45, 7) is 4.97. The molecule has 1 fully saturated rings. The van der Waals surface area contributed by atoms with Gasteiger partial charge in [-0.2, -0.15) is 0 Å². The third-order valence-electron chi connectivity index (χ3n) is 4.57. The van der Waals surface area contributed by atoms with Gasteiger partial charge in [-0.15, -0.1) is 10.2 Å². The molecule has 0 saturated carbocycles. The predicted octanol–water partition coefficient (Wildman–Crippen LogP) is 2.57. The monoisotopic (exact) mass is 421 g/mol. The summed E-state index contributed by atoms with van der Waals surface area (Å²) in [5, 5.41) is 10.6. The number of ether oxygens (including phenoxy) is 1. The lowest BCUT2D eigenvalue weighted by Crippen LogP contribution is -2.42. The third-order valence-corrected chi connectivity index (χ3v) is 6.10. The average molecular weight is 421 g/mol. The van der Waals surface area contributed by atoms with Crippen LogP contribution < -0.4 is 11.1 Å². The van der Waals surface area contributed by atoms with Crippen LogP contribution in [0.5, 0.6) is 0 Å². The van der Waals surface area contributed by atoms with Gasteiger partial charge in [-0.3, -0.25) is 14.7 Å². The number of urea groups is 1. The van der Waals surface area contributed by atoms with Crippen molar-refractivity contribution in [3.8, 4) is 11.4 Å². The maximum absolute atomic E-state index is 13.3. The SMILES string of the molecule is CC(C)[C@@H](Sc1nnc(-c2ccc(F)cc2)n1C[C@H]1CCCO1)C(=O)NC(N)=O. The number of nitrogens with zero attached hydrogens (tertiary/aromatic N) is 3. The highest BCUT2D eigenvalue weighted by molar-refractivity contribution is 8.00. The fraction of sp³-hybridized carbons (Fsp3) is 0.474. The third kappa shape index (κ3) is 5.33. The van der Waals surface area contributed by atoms with Gasteiger partial charge in [0.2, 0.25) is 5.91 Å². The van der Waals surface area contributed by atoms with E-state index in [1.807, 2.05) is 18.4 Å². The molecule has 1 aliphatic rings. The van der Waals surface area contributed by atoms with Crippen molar-refractivity contribution in [1.29, 1.82) is 0 Å². The maximum Gasteiger partial charge on any atom is 0.318 e. The number of amides is 3. The minimum Gasteiger partial charge on any atom is -0.376 e. The molecule has 2 atom stereocenters. The van der Waals surface area contributed by atoms with Gasteiger partial charge in [0.25, 0.3) is 0 Å². The minimum atomic E-state index is -0.894. The van der Waals surface area contributed by atoms with Crippen LogP contribution in [0.2, 0.25) is 0 Å². The molecule has 1 aromatic carbocycles. The van der Waals surface area contributed by atoms with Gasteiger partial charge >= 0.3 is 6.03 Å². The summed E-state index contributed by atoms with van der Waals surface area (Å²) in [4.78, 5) is 23.5. The number of aromatic nitrogens is 3. The van der Waals surface area contributed by atoms with Crippen molar-refractivity contribution in [1.82, 2.24) is 20.1 Å². The summed E-state index contributed by atoms with van der Waals surface area (Å²) in [6.07, 6.45) is 1.92. The van der Waals surface area contributed by atoms with Crippen LogP contribution in [0, 0.1) is 11.7 Å². The lowest BCUT2D eigenvalue weighted by atomic mass is 10.1. The fourth-order valence-electron chi connectivity index (χ4n) is 3.14. The van der Waals surface area contributed by atoms with Gasteiger partial charge in [-0.25, -0.2) is 9.18 Å². The molecular weight excluding hydrogens is 397 g/mol. The summed E-state index contributed by atoms with van der Waals surface area (Å²) in [5.41, 5.74) is 5.81. The van der Waals surface area contributed by atoms with Gasteiger partial charge in [-0.05, 0) is 43.0 Å². The highest BCUT2D eigenvalue weighted by Gasteiger charge is 2.29. The van der Waals surface area contributed by atoms with E-state index in [1.54, 1.807) is 12.1 Å². The summed E-state index contributed by atoms with van der Waals surface area (Å²) < 4.78 is 21.0. The number of nitrogens with one attached hydrogen (secondary N) is 1. The zero-order valence-electron chi connectivity index (χ0n) is 16.3. The smallest absolute Gasteiger partial charge is 0.318 e. The van der Waals surface area contributed by atoms with Crippen LogP contribution >= 0.6 is 11.8 Å². The fourth-order valence-corrected chi connectivity index (χ4v) is 4.18. The first-order valence-electron chi connectivity index (χ1n) is 9.43. The van der Waals surface area contributed by atoms with E-state index >= 15 is 0 Å². The van der Waals surface area contributed by atoms with Crippen molar-refractivity contribution in [2.75, 3.05) is 6.61 Å². The molecule has 1 aromatic heterocycles. The van der Waals surface area contributed by atoms with E-state index in [2.05, 4.69) is 15.5 Å². The Kier molecular flexibility index (Phi) is 6.86. The Morgan fingerprint density at radius 1 is 1.34 bits per heavy atom. The van der Waals surface area contributed by atoms with Crippen LogP contribution in [0.4, 0.5) is 9.18 Å². The highest BCUT2D eigenvalue weighted by Crippen LogP contribution is 2.31. The van der Waals surface area contributed by atoms with Gasteiger partial charge < -0.3 is 10.5 Å². The van der Waals surface area contributed by atoms with E-state index in [0.29, 0.717) is 29.7 Å².